The minimum atomic E-state index is 0.363. The molecule has 0 unspecified atom stereocenters. The summed E-state index contributed by atoms with van der Waals surface area (Å²) in [6, 6.07) is 3.53. The number of thioether (sulfide) groups is 1. The molecule has 1 aliphatic heterocycles. The van der Waals surface area contributed by atoms with Crippen LogP contribution in [0.1, 0.15) is 5.89 Å². The van der Waals surface area contributed by atoms with E-state index in [9.17, 15) is 0 Å². The lowest BCUT2D eigenvalue weighted by Crippen LogP contribution is -2.37. The molecule has 3 aromatic rings. The van der Waals surface area contributed by atoms with E-state index in [-0.39, 0.29) is 0 Å². The van der Waals surface area contributed by atoms with Gasteiger partial charge in [-0.1, -0.05) is 11.8 Å². The van der Waals surface area contributed by atoms with Crippen molar-refractivity contribution in [1.29, 1.82) is 0 Å². The molecule has 0 N–H and O–H groups in total. The van der Waals surface area contributed by atoms with Crippen molar-refractivity contribution in [2.45, 2.75) is 10.9 Å². The summed E-state index contributed by atoms with van der Waals surface area (Å²) in [6.07, 6.45) is 0. The normalized spacial score (nSPS) is 14.0. The molecule has 0 saturated carbocycles. The van der Waals surface area contributed by atoms with Crippen molar-refractivity contribution in [3.63, 3.8) is 0 Å². The van der Waals surface area contributed by atoms with Crippen molar-refractivity contribution >= 4 is 17.7 Å². The highest BCUT2D eigenvalue weighted by Gasteiger charge is 2.20. The lowest BCUT2D eigenvalue weighted by molar-refractivity contribution is 0.121. The lowest BCUT2D eigenvalue weighted by Gasteiger charge is -2.27. The molecule has 2 aromatic heterocycles. The lowest BCUT2D eigenvalue weighted by atomic mass is 10.2. The third-order valence-corrected chi connectivity index (χ3v) is 5.81. The summed E-state index contributed by atoms with van der Waals surface area (Å²) < 4.78 is 29.3. The van der Waals surface area contributed by atoms with E-state index < -0.39 is 0 Å². The molecule has 31 heavy (non-hydrogen) atoms. The molecular formula is C19H24N6O5S. The second-order valence-electron chi connectivity index (χ2n) is 6.64. The van der Waals surface area contributed by atoms with Crippen LogP contribution in [-0.2, 0) is 17.5 Å². The SMILES string of the molecule is COc1cc(-c2nnc(CSc3nnc(N4CCOCC4)n3C)o2)cc(OC)c1OC. The zero-order chi connectivity index (χ0) is 21.8. The molecule has 12 heteroatoms. The van der Waals surface area contributed by atoms with Crippen LogP contribution in [0.5, 0.6) is 17.2 Å². The maximum Gasteiger partial charge on any atom is 0.248 e. The van der Waals surface area contributed by atoms with Gasteiger partial charge in [-0.25, -0.2) is 0 Å². The summed E-state index contributed by atoms with van der Waals surface area (Å²) in [5, 5.41) is 17.7. The van der Waals surface area contributed by atoms with Crippen molar-refractivity contribution in [3.05, 3.63) is 18.0 Å². The predicted molar refractivity (Wildman–Crippen MR) is 113 cm³/mol. The molecule has 0 atom stereocenters. The molecule has 0 aliphatic carbocycles. The summed E-state index contributed by atoms with van der Waals surface area (Å²) in [5.41, 5.74) is 0.673. The van der Waals surface area contributed by atoms with Crippen LogP contribution < -0.4 is 19.1 Å². The predicted octanol–water partition coefficient (Wildman–Crippen LogP) is 2.02. The van der Waals surface area contributed by atoms with Gasteiger partial charge in [-0.2, -0.15) is 0 Å². The average Bonchev–Trinajstić information content (AvgIpc) is 3.43. The van der Waals surface area contributed by atoms with Crippen LogP contribution in [-0.4, -0.2) is 72.6 Å². The summed E-state index contributed by atoms with van der Waals surface area (Å²) in [5.74, 6) is 3.66. The quantitative estimate of drug-likeness (QED) is 0.472. The molecule has 0 bridgehead atoms. The van der Waals surface area contributed by atoms with Gasteiger partial charge in [0.05, 0.1) is 40.3 Å². The van der Waals surface area contributed by atoms with Crippen LogP contribution in [0.15, 0.2) is 21.7 Å². The maximum atomic E-state index is 5.85. The highest BCUT2D eigenvalue weighted by Crippen LogP contribution is 2.41. The van der Waals surface area contributed by atoms with Crippen molar-refractivity contribution in [1.82, 2.24) is 25.0 Å². The van der Waals surface area contributed by atoms with Crippen molar-refractivity contribution < 1.29 is 23.4 Å². The highest BCUT2D eigenvalue weighted by molar-refractivity contribution is 7.98. The molecule has 1 aromatic carbocycles. The van der Waals surface area contributed by atoms with Gasteiger partial charge in [-0.15, -0.1) is 20.4 Å². The largest absolute Gasteiger partial charge is 0.493 e. The van der Waals surface area contributed by atoms with E-state index in [0.29, 0.717) is 53.6 Å². The zero-order valence-corrected chi connectivity index (χ0v) is 18.6. The average molecular weight is 449 g/mol. The van der Waals surface area contributed by atoms with E-state index in [0.717, 1.165) is 24.2 Å². The van der Waals surface area contributed by atoms with Crippen molar-refractivity contribution in [2.75, 3.05) is 52.5 Å². The van der Waals surface area contributed by atoms with Crippen LogP contribution in [0, 0.1) is 0 Å². The number of morpholine rings is 1. The second-order valence-corrected chi connectivity index (χ2v) is 7.59. The number of anilines is 1. The molecule has 4 rings (SSSR count). The minimum absolute atomic E-state index is 0.363. The van der Waals surface area contributed by atoms with E-state index in [1.165, 1.54) is 11.8 Å². The summed E-state index contributed by atoms with van der Waals surface area (Å²) in [7, 11) is 6.62. The van der Waals surface area contributed by atoms with Gasteiger partial charge in [0.25, 0.3) is 0 Å². The van der Waals surface area contributed by atoms with Crippen LogP contribution in [0.25, 0.3) is 11.5 Å². The molecule has 1 fully saturated rings. The third-order valence-electron chi connectivity index (χ3n) is 4.81. The van der Waals surface area contributed by atoms with Gasteiger partial charge in [0.15, 0.2) is 16.7 Å². The van der Waals surface area contributed by atoms with Gasteiger partial charge >= 0.3 is 0 Å². The smallest absolute Gasteiger partial charge is 0.248 e. The van der Waals surface area contributed by atoms with E-state index in [2.05, 4.69) is 25.3 Å². The number of benzene rings is 1. The number of nitrogens with zero attached hydrogens (tertiary/aromatic N) is 6. The minimum Gasteiger partial charge on any atom is -0.493 e. The Labute approximate surface area is 183 Å². The van der Waals surface area contributed by atoms with Gasteiger partial charge in [0, 0.05) is 25.7 Å². The van der Waals surface area contributed by atoms with Gasteiger partial charge in [0.2, 0.25) is 23.5 Å². The second kappa shape index (κ2) is 9.43. The molecule has 166 valence electrons. The van der Waals surface area contributed by atoms with E-state index in [1.54, 1.807) is 33.5 Å². The summed E-state index contributed by atoms with van der Waals surface area (Å²) in [4.78, 5) is 2.16. The zero-order valence-electron chi connectivity index (χ0n) is 17.8. The topological polar surface area (TPSA) is 110 Å². The Morgan fingerprint density at radius 2 is 1.68 bits per heavy atom. The Morgan fingerprint density at radius 3 is 2.32 bits per heavy atom. The van der Waals surface area contributed by atoms with E-state index >= 15 is 0 Å². The summed E-state index contributed by atoms with van der Waals surface area (Å²) >= 11 is 1.48. The van der Waals surface area contributed by atoms with E-state index in [1.807, 2.05) is 11.6 Å². The summed E-state index contributed by atoms with van der Waals surface area (Å²) in [6.45, 7) is 3.00. The first kappa shape index (κ1) is 21.2. The van der Waals surface area contributed by atoms with Crippen LogP contribution >= 0.6 is 11.8 Å². The first-order chi connectivity index (χ1) is 15.1. The number of hydrogen-bond donors (Lipinski definition) is 0. The fourth-order valence-corrected chi connectivity index (χ4v) is 3.97. The van der Waals surface area contributed by atoms with Crippen LogP contribution in [0.2, 0.25) is 0 Å². The Morgan fingerprint density at radius 1 is 0.968 bits per heavy atom. The molecule has 0 spiro atoms. The van der Waals surface area contributed by atoms with Crippen molar-refractivity contribution in [3.8, 4) is 28.7 Å². The molecule has 0 radical (unpaired) electrons. The number of ether oxygens (including phenoxy) is 4. The van der Waals surface area contributed by atoms with Crippen LogP contribution in [0.4, 0.5) is 5.95 Å². The first-order valence-electron chi connectivity index (χ1n) is 9.62. The highest BCUT2D eigenvalue weighted by atomic mass is 32.2. The molecule has 1 aliphatic rings. The molecule has 1 saturated heterocycles. The number of methoxy groups -OCH3 is 3. The third kappa shape index (κ3) is 4.39. The number of hydrogen-bond acceptors (Lipinski definition) is 11. The van der Waals surface area contributed by atoms with Crippen molar-refractivity contribution in [2.24, 2.45) is 7.05 Å². The Balaban J connectivity index is 1.47. The Bertz CT molecular complexity index is 1010. The number of rotatable bonds is 8. The van der Waals surface area contributed by atoms with E-state index in [4.69, 9.17) is 23.4 Å². The molecular weight excluding hydrogens is 424 g/mol. The Hall–Kier alpha value is -2.99. The maximum absolute atomic E-state index is 5.85. The van der Waals surface area contributed by atoms with Gasteiger partial charge < -0.3 is 28.3 Å². The van der Waals surface area contributed by atoms with Gasteiger partial charge in [0.1, 0.15) is 0 Å². The monoisotopic (exact) mass is 448 g/mol. The molecule has 3 heterocycles. The first-order valence-corrected chi connectivity index (χ1v) is 10.6. The molecule has 11 nitrogen and oxygen atoms in total. The number of aromatic nitrogens is 5. The Kier molecular flexibility index (Phi) is 6.47. The fourth-order valence-electron chi connectivity index (χ4n) is 3.23. The van der Waals surface area contributed by atoms with Gasteiger partial charge in [-0.3, -0.25) is 4.57 Å². The van der Waals surface area contributed by atoms with Crippen LogP contribution in [0.3, 0.4) is 0 Å². The van der Waals surface area contributed by atoms with Gasteiger partial charge in [-0.05, 0) is 12.1 Å². The fraction of sp³-hybridized carbons (Fsp3) is 0.474. The molecule has 0 amide bonds. The standard InChI is InChI=1S/C19H24N6O5S/c1-24-18(25-5-7-29-8-6-25)22-23-19(24)31-11-15-20-21-17(30-15)12-9-13(26-2)16(28-4)14(10-12)27-3/h9-10H,5-8,11H2,1-4H3.